The second-order valence-corrected chi connectivity index (χ2v) is 4.32. The molecule has 6 nitrogen and oxygen atoms in total. The molecule has 0 bridgehead atoms. The van der Waals surface area contributed by atoms with Crippen LogP contribution in [0.3, 0.4) is 0 Å². The molecule has 0 saturated carbocycles. The van der Waals surface area contributed by atoms with Crippen molar-refractivity contribution in [2.24, 2.45) is 0 Å². The van der Waals surface area contributed by atoms with Gasteiger partial charge in [0.25, 0.3) is 0 Å². The summed E-state index contributed by atoms with van der Waals surface area (Å²) in [5.41, 5.74) is 0.0737. The van der Waals surface area contributed by atoms with E-state index >= 15 is 0 Å². The first-order chi connectivity index (χ1) is 9.20. The number of nitro groups is 1. The van der Waals surface area contributed by atoms with E-state index in [9.17, 15) is 10.1 Å². The SMILES string of the molecule is N#Cc1ccc(OCCC2CCCO2)c([N+](=O)[O-])c1. The van der Waals surface area contributed by atoms with Gasteiger partial charge in [-0.1, -0.05) is 0 Å². The third-order valence-corrected chi connectivity index (χ3v) is 3.01. The summed E-state index contributed by atoms with van der Waals surface area (Å²) in [5, 5.41) is 19.6. The molecule has 1 fully saturated rings. The lowest BCUT2D eigenvalue weighted by atomic mass is 10.2. The van der Waals surface area contributed by atoms with Crippen LogP contribution in [0.2, 0.25) is 0 Å². The van der Waals surface area contributed by atoms with Crippen LogP contribution in [-0.4, -0.2) is 24.2 Å². The Hall–Kier alpha value is -2.13. The predicted molar refractivity (Wildman–Crippen MR) is 66.9 cm³/mol. The fourth-order valence-corrected chi connectivity index (χ4v) is 2.02. The highest BCUT2D eigenvalue weighted by Gasteiger charge is 2.18. The Balaban J connectivity index is 1.98. The summed E-state index contributed by atoms with van der Waals surface area (Å²) in [5.74, 6) is 0.196. The average molecular weight is 262 g/mol. The van der Waals surface area contributed by atoms with Crippen molar-refractivity contribution in [2.75, 3.05) is 13.2 Å². The van der Waals surface area contributed by atoms with Crippen molar-refractivity contribution in [1.29, 1.82) is 5.26 Å². The van der Waals surface area contributed by atoms with E-state index in [1.54, 1.807) is 0 Å². The average Bonchev–Trinajstić information content (AvgIpc) is 2.92. The van der Waals surface area contributed by atoms with Gasteiger partial charge >= 0.3 is 5.69 Å². The number of nitriles is 1. The van der Waals surface area contributed by atoms with Gasteiger partial charge in [0.2, 0.25) is 0 Å². The van der Waals surface area contributed by atoms with E-state index in [4.69, 9.17) is 14.7 Å². The highest BCUT2D eigenvalue weighted by atomic mass is 16.6. The molecule has 1 aromatic carbocycles. The Bertz CT molecular complexity index is 504. The topological polar surface area (TPSA) is 85.4 Å². The van der Waals surface area contributed by atoms with Gasteiger partial charge in [0, 0.05) is 19.1 Å². The van der Waals surface area contributed by atoms with Crippen molar-refractivity contribution >= 4 is 5.69 Å². The summed E-state index contributed by atoms with van der Waals surface area (Å²) >= 11 is 0. The third-order valence-electron chi connectivity index (χ3n) is 3.01. The quantitative estimate of drug-likeness (QED) is 0.600. The van der Waals surface area contributed by atoms with Crippen molar-refractivity contribution < 1.29 is 14.4 Å². The minimum absolute atomic E-state index is 0.175. The second-order valence-electron chi connectivity index (χ2n) is 4.32. The van der Waals surface area contributed by atoms with Crippen LogP contribution in [0.1, 0.15) is 24.8 Å². The second kappa shape index (κ2) is 6.16. The first-order valence-electron chi connectivity index (χ1n) is 6.13. The van der Waals surface area contributed by atoms with Crippen molar-refractivity contribution in [3.05, 3.63) is 33.9 Å². The molecule has 100 valence electrons. The Kier molecular flexibility index (Phi) is 4.31. The van der Waals surface area contributed by atoms with E-state index in [-0.39, 0.29) is 23.1 Å². The zero-order valence-electron chi connectivity index (χ0n) is 10.4. The lowest BCUT2D eigenvalue weighted by Gasteiger charge is -2.10. The van der Waals surface area contributed by atoms with Crippen LogP contribution in [0.4, 0.5) is 5.69 Å². The highest BCUT2D eigenvalue weighted by Crippen LogP contribution is 2.28. The van der Waals surface area contributed by atoms with E-state index in [0.29, 0.717) is 6.61 Å². The van der Waals surface area contributed by atoms with Gasteiger partial charge in [-0.05, 0) is 25.0 Å². The van der Waals surface area contributed by atoms with Gasteiger partial charge in [0.1, 0.15) is 0 Å². The number of benzene rings is 1. The summed E-state index contributed by atoms with van der Waals surface area (Å²) in [6.45, 7) is 1.15. The Morgan fingerprint density at radius 3 is 3.05 bits per heavy atom. The fourth-order valence-electron chi connectivity index (χ4n) is 2.02. The fraction of sp³-hybridized carbons (Fsp3) is 0.462. The summed E-state index contributed by atoms with van der Waals surface area (Å²) in [6.07, 6.45) is 2.98. The largest absolute Gasteiger partial charge is 0.487 e. The molecule has 1 aromatic rings. The lowest BCUT2D eigenvalue weighted by molar-refractivity contribution is -0.385. The van der Waals surface area contributed by atoms with E-state index in [1.165, 1.54) is 18.2 Å². The Morgan fingerprint density at radius 1 is 1.58 bits per heavy atom. The van der Waals surface area contributed by atoms with Gasteiger partial charge in [0.05, 0.1) is 29.3 Å². The van der Waals surface area contributed by atoms with Crippen molar-refractivity contribution in [2.45, 2.75) is 25.4 Å². The first kappa shape index (κ1) is 13.3. The van der Waals surface area contributed by atoms with Crippen molar-refractivity contribution in [3.63, 3.8) is 0 Å². The highest BCUT2D eigenvalue weighted by molar-refractivity contribution is 5.51. The van der Waals surface area contributed by atoms with E-state index < -0.39 is 4.92 Å². The molecule has 0 radical (unpaired) electrons. The van der Waals surface area contributed by atoms with Crippen LogP contribution in [-0.2, 0) is 4.74 Å². The van der Waals surface area contributed by atoms with Gasteiger partial charge in [-0.2, -0.15) is 5.26 Å². The van der Waals surface area contributed by atoms with E-state index in [2.05, 4.69) is 0 Å². The Labute approximate surface area is 110 Å². The van der Waals surface area contributed by atoms with Crippen LogP contribution in [0.15, 0.2) is 18.2 Å². The van der Waals surface area contributed by atoms with Gasteiger partial charge in [0.15, 0.2) is 5.75 Å². The Morgan fingerprint density at radius 2 is 2.42 bits per heavy atom. The number of ether oxygens (including phenoxy) is 2. The third kappa shape index (κ3) is 3.42. The molecule has 1 aliphatic heterocycles. The maximum absolute atomic E-state index is 10.9. The molecule has 2 rings (SSSR count). The van der Waals surface area contributed by atoms with Crippen LogP contribution < -0.4 is 4.74 Å². The minimum Gasteiger partial charge on any atom is -0.487 e. The van der Waals surface area contributed by atoms with Crippen LogP contribution in [0, 0.1) is 21.4 Å². The number of hydrogen-bond acceptors (Lipinski definition) is 5. The molecule has 6 heteroatoms. The monoisotopic (exact) mass is 262 g/mol. The maximum Gasteiger partial charge on any atom is 0.312 e. The number of nitrogens with zero attached hydrogens (tertiary/aromatic N) is 2. The molecule has 1 unspecified atom stereocenters. The van der Waals surface area contributed by atoms with Gasteiger partial charge in [-0.3, -0.25) is 10.1 Å². The molecule has 1 heterocycles. The van der Waals surface area contributed by atoms with E-state index in [1.807, 2.05) is 6.07 Å². The van der Waals surface area contributed by atoms with Crippen molar-refractivity contribution in [3.8, 4) is 11.8 Å². The zero-order valence-corrected chi connectivity index (χ0v) is 10.4. The standard InChI is InChI=1S/C13H14N2O4/c14-9-10-3-4-13(12(8-10)15(16)17)19-7-5-11-2-1-6-18-11/h3-4,8,11H,1-2,5-7H2. The summed E-state index contributed by atoms with van der Waals surface area (Å²) in [7, 11) is 0. The number of rotatable bonds is 5. The molecule has 0 spiro atoms. The van der Waals surface area contributed by atoms with Gasteiger partial charge in [-0.25, -0.2) is 0 Å². The van der Waals surface area contributed by atoms with Crippen LogP contribution in [0.25, 0.3) is 0 Å². The van der Waals surface area contributed by atoms with E-state index in [0.717, 1.165) is 25.9 Å². The number of nitro benzene ring substituents is 1. The normalized spacial score (nSPS) is 17.9. The summed E-state index contributed by atoms with van der Waals surface area (Å²) in [4.78, 5) is 10.4. The molecule has 1 aliphatic rings. The molecule has 0 N–H and O–H groups in total. The molecule has 0 amide bonds. The predicted octanol–water partition coefficient (Wildman–Crippen LogP) is 2.41. The van der Waals surface area contributed by atoms with Gasteiger partial charge < -0.3 is 9.47 Å². The zero-order chi connectivity index (χ0) is 13.7. The molecular formula is C13H14N2O4. The minimum atomic E-state index is -0.539. The van der Waals surface area contributed by atoms with Crippen molar-refractivity contribution in [1.82, 2.24) is 0 Å². The van der Waals surface area contributed by atoms with Crippen LogP contribution >= 0.6 is 0 Å². The van der Waals surface area contributed by atoms with Gasteiger partial charge in [-0.15, -0.1) is 0 Å². The summed E-state index contributed by atoms with van der Waals surface area (Å²) in [6, 6.07) is 6.07. The smallest absolute Gasteiger partial charge is 0.312 e. The molecule has 1 atom stereocenters. The summed E-state index contributed by atoms with van der Waals surface area (Å²) < 4.78 is 10.9. The number of hydrogen-bond donors (Lipinski definition) is 0. The first-order valence-corrected chi connectivity index (χ1v) is 6.13. The molecular weight excluding hydrogens is 248 g/mol. The molecule has 0 aliphatic carbocycles. The maximum atomic E-state index is 10.9. The van der Waals surface area contributed by atoms with Crippen LogP contribution in [0.5, 0.6) is 5.75 Å². The molecule has 1 saturated heterocycles. The molecule has 0 aromatic heterocycles. The lowest BCUT2D eigenvalue weighted by Crippen LogP contribution is -2.11. The molecule has 19 heavy (non-hydrogen) atoms.